The molecule has 0 fully saturated rings. The van der Waals surface area contributed by atoms with Crippen molar-refractivity contribution in [3.63, 3.8) is 0 Å². The van der Waals surface area contributed by atoms with Crippen LogP contribution >= 0.6 is 0 Å². The summed E-state index contributed by atoms with van der Waals surface area (Å²) < 4.78 is 0.170. The number of benzene rings is 2. The Hall–Kier alpha value is -3.88. The zero-order valence-electron chi connectivity index (χ0n) is 12.5. The molecule has 1 heterocycles. The highest BCUT2D eigenvalue weighted by molar-refractivity contribution is 6.13. The molecule has 0 saturated heterocycles. The molecule has 0 spiro atoms. The number of nitrogens with zero attached hydrogens (tertiary/aromatic N) is 2. The van der Waals surface area contributed by atoms with E-state index in [4.69, 9.17) is 0 Å². The number of hydrogen-bond donors (Lipinski definition) is 3. The summed E-state index contributed by atoms with van der Waals surface area (Å²) in [5.74, 6) is -1.51. The van der Waals surface area contributed by atoms with Gasteiger partial charge in [-0.15, -0.1) is 0 Å². The van der Waals surface area contributed by atoms with Gasteiger partial charge in [-0.05, 0) is 18.2 Å². The van der Waals surface area contributed by atoms with Crippen LogP contribution in [0.1, 0.15) is 10.4 Å². The molecule has 1 amide bonds. The van der Waals surface area contributed by atoms with Gasteiger partial charge in [0.2, 0.25) is 0 Å². The minimum Gasteiger partial charge on any atom is -0.502 e. The molecule has 9 nitrogen and oxygen atoms in total. The van der Waals surface area contributed by atoms with Crippen LogP contribution in [0.25, 0.3) is 10.8 Å². The van der Waals surface area contributed by atoms with Gasteiger partial charge in [0.25, 0.3) is 11.5 Å². The van der Waals surface area contributed by atoms with Gasteiger partial charge in [0.1, 0.15) is 5.56 Å². The summed E-state index contributed by atoms with van der Waals surface area (Å²) in [7, 11) is 0. The Kier molecular flexibility index (Phi) is 3.82. The van der Waals surface area contributed by atoms with E-state index >= 15 is 0 Å². The van der Waals surface area contributed by atoms with E-state index < -0.39 is 33.4 Å². The van der Waals surface area contributed by atoms with Crippen LogP contribution in [0.3, 0.4) is 0 Å². The average Bonchev–Trinajstić information content (AvgIpc) is 2.56. The van der Waals surface area contributed by atoms with E-state index in [2.05, 4.69) is 5.32 Å². The molecule has 1 aromatic heterocycles. The normalized spacial score (nSPS) is 10.6. The zero-order valence-corrected chi connectivity index (χ0v) is 12.5. The predicted molar refractivity (Wildman–Crippen MR) is 88.1 cm³/mol. The summed E-state index contributed by atoms with van der Waals surface area (Å²) in [6.07, 6.45) is 0.934. The van der Waals surface area contributed by atoms with Crippen molar-refractivity contribution < 1.29 is 20.0 Å². The molecule has 0 atom stereocenters. The van der Waals surface area contributed by atoms with Crippen molar-refractivity contribution in [1.82, 2.24) is 4.73 Å². The monoisotopic (exact) mass is 341 g/mol. The fraction of sp³-hybridized carbons (Fsp3) is 0. The highest BCUT2D eigenvalue weighted by atomic mass is 16.6. The van der Waals surface area contributed by atoms with Gasteiger partial charge < -0.3 is 15.6 Å². The predicted octanol–water partition coefficient (Wildman–Crippen LogP) is 2.10. The van der Waals surface area contributed by atoms with Crippen LogP contribution in [-0.2, 0) is 0 Å². The van der Waals surface area contributed by atoms with E-state index in [9.17, 15) is 30.0 Å². The Labute approximate surface area is 139 Å². The SMILES string of the molecule is O=C(Nc1ccccc1)c1c(=O)n(O)cc2cc([N+](=O)[O-])c(O)cc12. The number of pyridine rings is 1. The molecule has 3 N–H and O–H groups in total. The molecule has 3 aromatic rings. The van der Waals surface area contributed by atoms with Crippen molar-refractivity contribution in [1.29, 1.82) is 0 Å². The minimum absolute atomic E-state index is 0.0215. The first-order valence-corrected chi connectivity index (χ1v) is 7.01. The van der Waals surface area contributed by atoms with E-state index in [1.54, 1.807) is 30.3 Å². The third kappa shape index (κ3) is 2.85. The van der Waals surface area contributed by atoms with Gasteiger partial charge in [-0.1, -0.05) is 18.2 Å². The quantitative estimate of drug-likeness (QED) is 0.379. The second-order valence-corrected chi connectivity index (χ2v) is 5.16. The Morgan fingerprint density at radius 3 is 2.52 bits per heavy atom. The maximum atomic E-state index is 12.5. The molecule has 0 aliphatic rings. The van der Waals surface area contributed by atoms with E-state index in [0.29, 0.717) is 5.69 Å². The second-order valence-electron chi connectivity index (χ2n) is 5.16. The number of aromatic hydroxyl groups is 1. The number of nitrogens with one attached hydrogen (secondary N) is 1. The lowest BCUT2D eigenvalue weighted by Gasteiger charge is -2.09. The summed E-state index contributed by atoms with van der Waals surface area (Å²) in [5, 5.41) is 32.9. The number of hydrogen-bond acceptors (Lipinski definition) is 6. The van der Waals surface area contributed by atoms with Gasteiger partial charge in [-0.25, -0.2) is 0 Å². The lowest BCUT2D eigenvalue weighted by Crippen LogP contribution is -2.28. The number of carbonyl (C=O) groups is 1. The summed E-state index contributed by atoms with van der Waals surface area (Å²) in [4.78, 5) is 34.8. The topological polar surface area (TPSA) is 135 Å². The fourth-order valence-corrected chi connectivity index (χ4v) is 2.42. The van der Waals surface area contributed by atoms with Crippen molar-refractivity contribution in [2.75, 3.05) is 5.32 Å². The van der Waals surface area contributed by atoms with Crippen LogP contribution in [0.4, 0.5) is 11.4 Å². The lowest BCUT2D eigenvalue weighted by molar-refractivity contribution is -0.385. The molecule has 9 heteroatoms. The highest BCUT2D eigenvalue weighted by Crippen LogP contribution is 2.31. The van der Waals surface area contributed by atoms with Gasteiger partial charge in [0.05, 0.1) is 11.1 Å². The second kappa shape index (κ2) is 5.96. The number of aromatic nitrogens is 1. The number of rotatable bonds is 3. The average molecular weight is 341 g/mol. The zero-order chi connectivity index (χ0) is 18.1. The van der Waals surface area contributed by atoms with Gasteiger partial charge in [0.15, 0.2) is 5.75 Å². The summed E-state index contributed by atoms with van der Waals surface area (Å²) >= 11 is 0. The van der Waals surface area contributed by atoms with E-state index in [1.807, 2.05) is 0 Å². The van der Waals surface area contributed by atoms with E-state index in [0.717, 1.165) is 18.3 Å². The summed E-state index contributed by atoms with van der Waals surface area (Å²) in [6.45, 7) is 0. The molecule has 0 aliphatic heterocycles. The molecule has 25 heavy (non-hydrogen) atoms. The largest absolute Gasteiger partial charge is 0.502 e. The molecular weight excluding hydrogens is 330 g/mol. The van der Waals surface area contributed by atoms with Crippen LogP contribution in [0, 0.1) is 10.1 Å². The van der Waals surface area contributed by atoms with Crippen molar-refractivity contribution in [2.24, 2.45) is 0 Å². The highest BCUT2D eigenvalue weighted by Gasteiger charge is 2.22. The first-order valence-electron chi connectivity index (χ1n) is 7.01. The van der Waals surface area contributed by atoms with Crippen LogP contribution in [0.2, 0.25) is 0 Å². The number of nitro benzene ring substituents is 1. The van der Waals surface area contributed by atoms with Crippen LogP contribution in [-0.4, -0.2) is 25.9 Å². The molecule has 0 radical (unpaired) electrons. The summed E-state index contributed by atoms with van der Waals surface area (Å²) in [5.41, 5.74) is -1.66. The first-order chi connectivity index (χ1) is 11.9. The molecular formula is C16H11N3O6. The Bertz CT molecular complexity index is 1060. The molecule has 3 rings (SSSR count). The smallest absolute Gasteiger partial charge is 0.311 e. The van der Waals surface area contributed by atoms with Crippen LogP contribution in [0.5, 0.6) is 5.75 Å². The molecule has 0 bridgehead atoms. The fourth-order valence-electron chi connectivity index (χ4n) is 2.42. The number of para-hydroxylation sites is 1. The van der Waals surface area contributed by atoms with Gasteiger partial charge in [-0.3, -0.25) is 19.7 Å². The van der Waals surface area contributed by atoms with Gasteiger partial charge >= 0.3 is 5.69 Å². The Morgan fingerprint density at radius 1 is 1.20 bits per heavy atom. The maximum Gasteiger partial charge on any atom is 0.311 e. The molecule has 0 unspecified atom stereocenters. The first kappa shape index (κ1) is 16.0. The number of phenolic OH excluding ortho intramolecular Hbond substituents is 1. The van der Waals surface area contributed by atoms with E-state index in [1.165, 1.54) is 0 Å². The van der Waals surface area contributed by atoms with E-state index in [-0.39, 0.29) is 15.5 Å². The molecule has 0 aliphatic carbocycles. The standard InChI is InChI=1S/C16H11N3O6/c20-13-7-11-9(6-12(13)19(24)25)8-18(23)16(22)14(11)15(21)17-10-4-2-1-3-5-10/h1-8,20,23H,(H,17,21). The van der Waals surface area contributed by atoms with Crippen molar-refractivity contribution in [3.8, 4) is 5.75 Å². The number of nitro groups is 1. The minimum atomic E-state index is -1.02. The van der Waals surface area contributed by atoms with Crippen LogP contribution in [0.15, 0.2) is 53.5 Å². The lowest BCUT2D eigenvalue weighted by atomic mass is 10.1. The third-order valence-electron chi connectivity index (χ3n) is 3.55. The number of phenols is 1. The Balaban J connectivity index is 2.21. The van der Waals surface area contributed by atoms with Gasteiger partial charge in [0, 0.05) is 22.5 Å². The maximum absolute atomic E-state index is 12.5. The van der Waals surface area contributed by atoms with Gasteiger partial charge in [-0.2, -0.15) is 4.73 Å². The number of carbonyl (C=O) groups excluding carboxylic acids is 1. The van der Waals surface area contributed by atoms with Crippen molar-refractivity contribution >= 4 is 28.1 Å². The number of anilines is 1. The number of fused-ring (bicyclic) bond motifs is 1. The number of amides is 1. The Morgan fingerprint density at radius 2 is 1.88 bits per heavy atom. The molecule has 0 saturated carbocycles. The summed E-state index contributed by atoms with van der Waals surface area (Å²) in [6, 6.07) is 10.2. The van der Waals surface area contributed by atoms with Crippen molar-refractivity contribution in [3.05, 3.63) is 74.7 Å². The van der Waals surface area contributed by atoms with Crippen molar-refractivity contribution in [2.45, 2.75) is 0 Å². The third-order valence-corrected chi connectivity index (χ3v) is 3.55. The molecule has 2 aromatic carbocycles. The van der Waals surface area contributed by atoms with Crippen LogP contribution < -0.4 is 10.9 Å². The molecule has 126 valence electrons.